The number of nitrogens with one attached hydrogen (secondary N) is 1. The van der Waals surface area contributed by atoms with Crippen LogP contribution in [0.2, 0.25) is 0 Å². The van der Waals surface area contributed by atoms with Crippen molar-refractivity contribution in [2.75, 3.05) is 26.3 Å². The minimum Gasteiger partial charge on any atom is -0.347 e. The second-order valence-corrected chi connectivity index (χ2v) is 4.75. The molecule has 5 heteroatoms. The maximum atomic E-state index is 8.90. The van der Waals surface area contributed by atoms with Crippen LogP contribution in [0.4, 0.5) is 5.82 Å². The van der Waals surface area contributed by atoms with E-state index in [1.54, 1.807) is 12.3 Å². The van der Waals surface area contributed by atoms with Gasteiger partial charge in [0.05, 0.1) is 50.8 Å². The van der Waals surface area contributed by atoms with E-state index in [-0.39, 0.29) is 5.79 Å². The number of piperidine rings is 1. The monoisotopic (exact) mass is 246 g/mol. The van der Waals surface area contributed by atoms with Crippen LogP contribution in [0.5, 0.6) is 0 Å². The normalized spacial score (nSPS) is 23.1. The lowest BCUT2D eigenvalue weighted by molar-refractivity contribution is -0.845. The number of nitriles is 1. The molecule has 0 bridgehead atoms. The highest BCUT2D eigenvalue weighted by Gasteiger charge is 2.42. The molecule has 2 aliphatic heterocycles. The molecule has 5 nitrogen and oxygen atoms in total. The number of rotatable bonds is 1. The fraction of sp³-hybridized carbons (Fsp3) is 0.538. The number of ether oxygens (including phenoxy) is 2. The zero-order valence-corrected chi connectivity index (χ0v) is 10.2. The Labute approximate surface area is 106 Å². The molecule has 0 amide bonds. The van der Waals surface area contributed by atoms with Crippen LogP contribution in [-0.4, -0.2) is 37.1 Å². The standard InChI is InChI=1S/C13H15N3O2/c14-10-11-1-4-15-12(9-11)16-5-2-13(3-6-16)17-7-8-18-13/h1,4,9H,2-3,5-8H2/p+1. The quantitative estimate of drug-likeness (QED) is 0.758. The summed E-state index contributed by atoms with van der Waals surface area (Å²) in [6.07, 6.45) is 3.48. The van der Waals surface area contributed by atoms with Gasteiger partial charge in [-0.05, 0) is 6.07 Å². The summed E-state index contributed by atoms with van der Waals surface area (Å²) in [7, 11) is 0. The summed E-state index contributed by atoms with van der Waals surface area (Å²) in [4.78, 5) is 5.66. The van der Waals surface area contributed by atoms with Gasteiger partial charge in [0.15, 0.2) is 5.79 Å². The van der Waals surface area contributed by atoms with E-state index >= 15 is 0 Å². The third-order valence-corrected chi connectivity index (χ3v) is 3.68. The minimum atomic E-state index is -0.337. The van der Waals surface area contributed by atoms with Crippen LogP contribution in [-0.2, 0) is 9.47 Å². The van der Waals surface area contributed by atoms with Crippen LogP contribution >= 0.6 is 0 Å². The van der Waals surface area contributed by atoms with Gasteiger partial charge < -0.3 is 9.47 Å². The highest BCUT2D eigenvalue weighted by atomic mass is 16.7. The zero-order valence-electron chi connectivity index (χ0n) is 10.2. The smallest absolute Gasteiger partial charge is 0.227 e. The molecule has 0 unspecified atom stereocenters. The fourth-order valence-electron chi connectivity index (χ4n) is 2.67. The first-order valence-electron chi connectivity index (χ1n) is 6.30. The molecule has 0 aliphatic carbocycles. The van der Waals surface area contributed by atoms with Gasteiger partial charge in [0.25, 0.3) is 0 Å². The molecular formula is C13H16N3O2+. The van der Waals surface area contributed by atoms with Crippen molar-refractivity contribution in [3.8, 4) is 6.07 Å². The van der Waals surface area contributed by atoms with Gasteiger partial charge >= 0.3 is 0 Å². The summed E-state index contributed by atoms with van der Waals surface area (Å²) in [5.41, 5.74) is 0.668. The third-order valence-electron chi connectivity index (χ3n) is 3.68. The van der Waals surface area contributed by atoms with Gasteiger partial charge in [-0.1, -0.05) is 0 Å². The van der Waals surface area contributed by atoms with Gasteiger partial charge in [0.1, 0.15) is 0 Å². The van der Waals surface area contributed by atoms with Crippen LogP contribution < -0.4 is 4.90 Å². The Morgan fingerprint density at radius 2 is 2.00 bits per heavy atom. The maximum absolute atomic E-state index is 8.90. The Kier molecular flexibility index (Phi) is 3.00. The second-order valence-electron chi connectivity index (χ2n) is 4.75. The molecule has 0 saturated carbocycles. The SMILES string of the molecule is N#Cc1ccnc([NH+]2CCC3(CC2)OCCO3)c1. The zero-order chi connectivity index (χ0) is 12.4. The molecule has 1 aromatic heterocycles. The van der Waals surface area contributed by atoms with Crippen molar-refractivity contribution in [2.24, 2.45) is 0 Å². The Morgan fingerprint density at radius 3 is 2.67 bits per heavy atom. The molecule has 0 aromatic carbocycles. The van der Waals surface area contributed by atoms with Crippen molar-refractivity contribution in [1.29, 1.82) is 5.26 Å². The average molecular weight is 246 g/mol. The molecule has 1 spiro atoms. The van der Waals surface area contributed by atoms with Crippen LogP contribution in [0.25, 0.3) is 0 Å². The molecule has 0 atom stereocenters. The lowest BCUT2D eigenvalue weighted by Crippen LogP contribution is -3.09. The first-order valence-corrected chi connectivity index (χ1v) is 6.30. The van der Waals surface area contributed by atoms with Crippen LogP contribution in [0.3, 0.4) is 0 Å². The summed E-state index contributed by atoms with van der Waals surface area (Å²) in [6.45, 7) is 3.28. The van der Waals surface area contributed by atoms with Gasteiger partial charge in [-0.2, -0.15) is 5.26 Å². The van der Waals surface area contributed by atoms with E-state index in [2.05, 4.69) is 11.1 Å². The number of hydrogen-bond acceptors (Lipinski definition) is 4. The summed E-state index contributed by atoms with van der Waals surface area (Å²) in [5.74, 6) is 0.609. The molecule has 94 valence electrons. The van der Waals surface area contributed by atoms with Crippen molar-refractivity contribution in [3.05, 3.63) is 23.9 Å². The van der Waals surface area contributed by atoms with Crippen molar-refractivity contribution in [2.45, 2.75) is 18.6 Å². The third kappa shape index (κ3) is 2.10. The summed E-state index contributed by atoms with van der Waals surface area (Å²) < 4.78 is 11.4. The highest BCUT2D eigenvalue weighted by Crippen LogP contribution is 2.27. The molecule has 2 aliphatic rings. The molecular weight excluding hydrogens is 230 g/mol. The Balaban J connectivity index is 1.70. The van der Waals surface area contributed by atoms with E-state index in [9.17, 15) is 0 Å². The summed E-state index contributed by atoms with van der Waals surface area (Å²) in [6, 6.07) is 5.75. The van der Waals surface area contributed by atoms with Gasteiger partial charge in [0, 0.05) is 12.3 Å². The Morgan fingerprint density at radius 1 is 1.28 bits per heavy atom. The van der Waals surface area contributed by atoms with E-state index in [0.29, 0.717) is 18.8 Å². The number of nitrogens with zero attached hydrogens (tertiary/aromatic N) is 2. The first-order chi connectivity index (χ1) is 8.81. The molecule has 1 aromatic rings. The molecule has 3 rings (SSSR count). The lowest BCUT2D eigenvalue weighted by Gasteiger charge is -2.34. The largest absolute Gasteiger partial charge is 0.347 e. The predicted octanol–water partition coefficient (Wildman–Crippen LogP) is 0.00658. The topological polar surface area (TPSA) is 59.6 Å². The second kappa shape index (κ2) is 4.65. The molecule has 0 radical (unpaired) electrons. The van der Waals surface area contributed by atoms with Crippen molar-refractivity contribution < 1.29 is 14.4 Å². The van der Waals surface area contributed by atoms with E-state index in [0.717, 1.165) is 31.7 Å². The number of aromatic nitrogens is 1. The first kappa shape index (κ1) is 11.6. The van der Waals surface area contributed by atoms with Crippen molar-refractivity contribution in [1.82, 2.24) is 4.98 Å². The molecule has 1 N–H and O–H groups in total. The molecule has 3 heterocycles. The highest BCUT2D eigenvalue weighted by molar-refractivity contribution is 5.34. The van der Waals surface area contributed by atoms with Crippen molar-refractivity contribution in [3.63, 3.8) is 0 Å². The van der Waals surface area contributed by atoms with E-state index in [1.165, 1.54) is 4.90 Å². The number of pyridine rings is 1. The van der Waals surface area contributed by atoms with E-state index in [1.807, 2.05) is 6.07 Å². The van der Waals surface area contributed by atoms with Gasteiger partial charge in [-0.3, -0.25) is 4.90 Å². The van der Waals surface area contributed by atoms with E-state index < -0.39 is 0 Å². The fourth-order valence-corrected chi connectivity index (χ4v) is 2.67. The van der Waals surface area contributed by atoms with E-state index in [4.69, 9.17) is 14.7 Å². The van der Waals surface area contributed by atoms with Gasteiger partial charge in [-0.25, -0.2) is 4.98 Å². The molecule has 18 heavy (non-hydrogen) atoms. The number of quaternary nitrogens is 1. The molecule has 2 saturated heterocycles. The van der Waals surface area contributed by atoms with Gasteiger partial charge in [-0.15, -0.1) is 0 Å². The Bertz CT molecular complexity index is 467. The number of hydrogen-bond donors (Lipinski definition) is 1. The van der Waals surface area contributed by atoms with Crippen molar-refractivity contribution >= 4 is 5.82 Å². The maximum Gasteiger partial charge on any atom is 0.227 e. The Hall–Kier alpha value is -1.48. The molecule has 2 fully saturated rings. The van der Waals surface area contributed by atoms with Crippen LogP contribution in [0.15, 0.2) is 18.3 Å². The van der Waals surface area contributed by atoms with Crippen LogP contribution in [0.1, 0.15) is 18.4 Å². The predicted molar refractivity (Wildman–Crippen MR) is 63.2 cm³/mol. The minimum absolute atomic E-state index is 0.337. The van der Waals surface area contributed by atoms with Gasteiger partial charge in [0.2, 0.25) is 5.82 Å². The summed E-state index contributed by atoms with van der Waals surface area (Å²) in [5, 5.41) is 8.90. The van der Waals surface area contributed by atoms with Crippen LogP contribution in [0, 0.1) is 11.3 Å². The lowest BCUT2D eigenvalue weighted by atomic mass is 10.0. The summed E-state index contributed by atoms with van der Waals surface area (Å²) >= 11 is 0. The average Bonchev–Trinajstić information content (AvgIpc) is 2.88.